The van der Waals surface area contributed by atoms with Crippen LogP contribution in [0, 0.1) is 11.6 Å². The Morgan fingerprint density at radius 3 is 2.30 bits per heavy atom. The van der Waals surface area contributed by atoms with Crippen LogP contribution in [-0.4, -0.2) is 14.3 Å². The number of alkyl halides is 3. The van der Waals surface area contributed by atoms with Gasteiger partial charge >= 0.3 is 6.18 Å². The lowest BCUT2D eigenvalue weighted by molar-refractivity contribution is -0.137. The number of carbonyl (C=O) groups is 1. The number of benzene rings is 3. The van der Waals surface area contributed by atoms with Crippen LogP contribution >= 0.6 is 0 Å². The van der Waals surface area contributed by atoms with Crippen LogP contribution in [0.15, 0.2) is 65.6 Å². The summed E-state index contributed by atoms with van der Waals surface area (Å²) in [4.78, 5) is 11.7. The van der Waals surface area contributed by atoms with E-state index in [4.69, 9.17) is 0 Å². The third kappa shape index (κ3) is 4.26. The fourth-order valence-electron chi connectivity index (χ4n) is 3.28. The second kappa shape index (κ2) is 8.12. The highest BCUT2D eigenvalue weighted by Gasteiger charge is 2.35. The van der Waals surface area contributed by atoms with Gasteiger partial charge in [-0.05, 0) is 48.0 Å². The highest BCUT2D eigenvalue weighted by molar-refractivity contribution is 7.92. The first-order valence-corrected chi connectivity index (χ1v) is 10.8. The van der Waals surface area contributed by atoms with Gasteiger partial charge in [0.2, 0.25) is 0 Å². The maximum atomic E-state index is 13.9. The minimum absolute atomic E-state index is 0.0225. The number of hydrogen-bond donors (Lipinski definition) is 2. The topological polar surface area (TPSA) is 78.5 Å². The Morgan fingerprint density at radius 2 is 1.64 bits per heavy atom. The lowest BCUT2D eigenvalue weighted by Gasteiger charge is -2.20. The molecule has 0 atom stereocenters. The van der Waals surface area contributed by atoms with Crippen LogP contribution in [0.25, 0.3) is 0 Å². The van der Waals surface area contributed by atoms with Crippen molar-refractivity contribution < 1.29 is 35.2 Å². The van der Waals surface area contributed by atoms with E-state index in [9.17, 15) is 35.2 Å². The third-order valence-electron chi connectivity index (χ3n) is 4.86. The number of fused-ring (bicyclic) bond motifs is 1. The van der Waals surface area contributed by atoms with Crippen molar-refractivity contribution in [1.82, 2.24) is 5.43 Å². The van der Waals surface area contributed by atoms with Crippen molar-refractivity contribution in [2.24, 2.45) is 0 Å². The van der Waals surface area contributed by atoms with E-state index in [2.05, 4.69) is 10.7 Å². The largest absolute Gasteiger partial charge is 0.416 e. The molecular formula is C21H14F5N3O3S. The van der Waals surface area contributed by atoms with Gasteiger partial charge < -0.3 is 5.32 Å². The molecule has 0 fully saturated rings. The molecule has 1 heterocycles. The molecule has 0 unspecified atom stereocenters. The SMILES string of the molecule is O=C(Nc1ccc2c(c1)N(S(=O)(=O)c1cccc(C(F)(F)F)c1)NC2)c1c(F)cccc1F. The van der Waals surface area contributed by atoms with Crippen molar-refractivity contribution in [3.8, 4) is 0 Å². The van der Waals surface area contributed by atoms with Crippen molar-refractivity contribution in [1.29, 1.82) is 0 Å². The maximum Gasteiger partial charge on any atom is 0.416 e. The molecule has 1 aliphatic heterocycles. The molecule has 4 rings (SSSR count). The molecule has 0 saturated heterocycles. The average Bonchev–Trinajstić information content (AvgIpc) is 3.17. The van der Waals surface area contributed by atoms with Gasteiger partial charge in [-0.15, -0.1) is 0 Å². The summed E-state index contributed by atoms with van der Waals surface area (Å²) in [7, 11) is -4.46. The van der Waals surface area contributed by atoms with Crippen molar-refractivity contribution in [2.75, 3.05) is 9.73 Å². The lowest BCUT2D eigenvalue weighted by atomic mass is 10.1. The Balaban J connectivity index is 1.66. The monoisotopic (exact) mass is 483 g/mol. The molecule has 6 nitrogen and oxygen atoms in total. The van der Waals surface area contributed by atoms with Crippen molar-refractivity contribution in [3.05, 3.63) is 89.0 Å². The number of amides is 1. The molecule has 172 valence electrons. The van der Waals surface area contributed by atoms with E-state index >= 15 is 0 Å². The molecule has 2 N–H and O–H groups in total. The first-order valence-electron chi connectivity index (χ1n) is 9.33. The number of nitrogens with zero attached hydrogens (tertiary/aromatic N) is 1. The molecule has 0 bridgehead atoms. The van der Waals surface area contributed by atoms with Gasteiger partial charge in [0.25, 0.3) is 15.9 Å². The number of rotatable bonds is 4. The molecule has 3 aromatic carbocycles. The van der Waals surface area contributed by atoms with Crippen LogP contribution in [-0.2, 0) is 22.7 Å². The smallest absolute Gasteiger partial charge is 0.322 e. The summed E-state index contributed by atoms with van der Waals surface area (Å²) in [5.41, 5.74) is 1.17. The Hall–Kier alpha value is -3.51. The Kier molecular flexibility index (Phi) is 5.58. The second-order valence-corrected chi connectivity index (χ2v) is 8.81. The third-order valence-corrected chi connectivity index (χ3v) is 6.52. The average molecular weight is 483 g/mol. The minimum atomic E-state index is -4.73. The van der Waals surface area contributed by atoms with E-state index in [0.29, 0.717) is 16.0 Å². The van der Waals surface area contributed by atoms with E-state index < -0.39 is 49.8 Å². The molecule has 1 amide bonds. The zero-order valence-corrected chi connectivity index (χ0v) is 17.3. The van der Waals surface area contributed by atoms with Crippen LogP contribution in [0.2, 0.25) is 0 Å². The Labute approximate surface area is 184 Å². The summed E-state index contributed by atoms with van der Waals surface area (Å²) < 4.78 is 93.6. The van der Waals surface area contributed by atoms with E-state index in [-0.39, 0.29) is 17.9 Å². The first-order chi connectivity index (χ1) is 15.5. The fourth-order valence-corrected chi connectivity index (χ4v) is 4.68. The number of anilines is 2. The molecule has 0 spiro atoms. The minimum Gasteiger partial charge on any atom is -0.322 e. The summed E-state index contributed by atoms with van der Waals surface area (Å²) in [6, 6.07) is 10.3. The van der Waals surface area contributed by atoms with Crippen LogP contribution < -0.4 is 15.2 Å². The van der Waals surface area contributed by atoms with Crippen molar-refractivity contribution in [3.63, 3.8) is 0 Å². The number of halogens is 5. The highest BCUT2D eigenvalue weighted by Crippen LogP contribution is 2.35. The summed E-state index contributed by atoms with van der Waals surface area (Å²) in [5.74, 6) is -3.25. The number of carbonyl (C=O) groups excluding carboxylic acids is 1. The van der Waals surface area contributed by atoms with Crippen molar-refractivity contribution in [2.45, 2.75) is 17.6 Å². The molecule has 0 aliphatic carbocycles. The first kappa shape index (κ1) is 22.7. The van der Waals surface area contributed by atoms with Crippen molar-refractivity contribution >= 4 is 27.3 Å². The van der Waals surface area contributed by atoms with E-state index in [1.54, 1.807) is 0 Å². The zero-order valence-electron chi connectivity index (χ0n) is 16.5. The summed E-state index contributed by atoms with van der Waals surface area (Å²) >= 11 is 0. The van der Waals surface area contributed by atoms with Gasteiger partial charge in [0.1, 0.15) is 17.2 Å². The van der Waals surface area contributed by atoms with Crippen LogP contribution in [0.4, 0.5) is 33.3 Å². The summed E-state index contributed by atoms with van der Waals surface area (Å²) in [6.07, 6.45) is -4.73. The maximum absolute atomic E-state index is 13.9. The number of hydrazine groups is 1. The molecule has 12 heteroatoms. The van der Waals surface area contributed by atoms with Gasteiger partial charge in [0.05, 0.1) is 16.1 Å². The molecule has 0 saturated carbocycles. The van der Waals surface area contributed by atoms with E-state index in [1.807, 2.05) is 0 Å². The second-order valence-electron chi connectivity index (χ2n) is 7.02. The molecule has 3 aromatic rings. The number of nitrogens with one attached hydrogen (secondary N) is 2. The Bertz CT molecular complexity index is 1340. The van der Waals surface area contributed by atoms with Gasteiger partial charge in [-0.25, -0.2) is 14.2 Å². The van der Waals surface area contributed by atoms with Gasteiger partial charge in [-0.2, -0.15) is 26.0 Å². The van der Waals surface area contributed by atoms with Crippen LogP contribution in [0.3, 0.4) is 0 Å². The van der Waals surface area contributed by atoms with E-state index in [0.717, 1.165) is 36.4 Å². The number of sulfonamides is 1. The normalized spacial score (nSPS) is 13.7. The predicted octanol–water partition coefficient (Wildman–Crippen LogP) is 4.45. The quantitative estimate of drug-likeness (QED) is 0.538. The summed E-state index contributed by atoms with van der Waals surface area (Å²) in [6.45, 7) is 0.0453. The standard InChI is InChI=1S/C21H14F5N3O3S/c22-16-5-2-6-17(23)19(16)20(30)28-14-8-7-12-11-27-29(18(12)10-14)33(31,32)15-4-1-3-13(9-15)21(24,25)26/h1-10,27H,11H2,(H,28,30). The number of hydrogen-bond acceptors (Lipinski definition) is 4. The summed E-state index contributed by atoms with van der Waals surface area (Å²) in [5, 5.41) is 2.29. The fraction of sp³-hybridized carbons (Fsp3) is 0.0952. The zero-order chi connectivity index (χ0) is 24.0. The predicted molar refractivity (Wildman–Crippen MR) is 109 cm³/mol. The van der Waals surface area contributed by atoms with Gasteiger partial charge in [0, 0.05) is 12.2 Å². The molecule has 0 aromatic heterocycles. The molecule has 33 heavy (non-hydrogen) atoms. The Morgan fingerprint density at radius 1 is 0.970 bits per heavy atom. The highest BCUT2D eigenvalue weighted by atomic mass is 32.2. The molecular weight excluding hydrogens is 469 g/mol. The van der Waals surface area contributed by atoms with Crippen LogP contribution in [0.1, 0.15) is 21.5 Å². The van der Waals surface area contributed by atoms with E-state index in [1.165, 1.54) is 18.2 Å². The van der Waals surface area contributed by atoms with Gasteiger partial charge in [-0.3, -0.25) is 4.79 Å². The molecule has 0 radical (unpaired) electrons. The van der Waals surface area contributed by atoms with Gasteiger partial charge in [0.15, 0.2) is 0 Å². The molecule has 1 aliphatic rings. The van der Waals surface area contributed by atoms with Crippen LogP contribution in [0.5, 0.6) is 0 Å². The van der Waals surface area contributed by atoms with Gasteiger partial charge in [-0.1, -0.05) is 18.2 Å². The lowest BCUT2D eigenvalue weighted by Crippen LogP contribution is -2.38.